The van der Waals surface area contributed by atoms with Gasteiger partial charge in [-0.25, -0.2) is 8.42 Å². The standard InChI is InChI=1S/C12H18BrNO4S/c1-17-5-2-6-18-7-8-19(15,16)12-4-3-10(14)9-11(12)13/h3-4,9H,2,5-8,14H2,1H3. The molecule has 0 amide bonds. The lowest BCUT2D eigenvalue weighted by Gasteiger charge is -2.08. The predicted molar refractivity (Wildman–Crippen MR) is 77.9 cm³/mol. The molecule has 7 heteroatoms. The third-order valence-corrected chi connectivity index (χ3v) is 5.07. The molecule has 0 aromatic heterocycles. The molecule has 5 nitrogen and oxygen atoms in total. The Kier molecular flexibility index (Phi) is 6.78. The van der Waals surface area contributed by atoms with Crippen molar-refractivity contribution < 1.29 is 17.9 Å². The molecule has 0 radical (unpaired) electrons. The van der Waals surface area contributed by atoms with Gasteiger partial charge < -0.3 is 15.2 Å². The number of nitrogens with two attached hydrogens (primary N) is 1. The molecule has 0 atom stereocenters. The fourth-order valence-electron chi connectivity index (χ4n) is 1.46. The Morgan fingerprint density at radius 3 is 2.63 bits per heavy atom. The quantitative estimate of drug-likeness (QED) is 0.571. The van der Waals surface area contributed by atoms with E-state index in [1.807, 2.05) is 0 Å². The third-order valence-electron chi connectivity index (χ3n) is 2.42. The van der Waals surface area contributed by atoms with Crippen LogP contribution in [0.3, 0.4) is 0 Å². The molecular formula is C12H18BrNO4S. The normalized spacial score (nSPS) is 11.7. The van der Waals surface area contributed by atoms with Gasteiger partial charge in [0.2, 0.25) is 0 Å². The maximum Gasteiger partial charge on any atom is 0.181 e. The maximum atomic E-state index is 12.1. The number of hydrogen-bond acceptors (Lipinski definition) is 5. The van der Waals surface area contributed by atoms with Gasteiger partial charge in [-0.1, -0.05) is 0 Å². The van der Waals surface area contributed by atoms with Crippen LogP contribution in [0.4, 0.5) is 5.69 Å². The summed E-state index contributed by atoms with van der Waals surface area (Å²) in [6.45, 7) is 1.27. The van der Waals surface area contributed by atoms with Crippen LogP contribution in [0.1, 0.15) is 6.42 Å². The van der Waals surface area contributed by atoms with Gasteiger partial charge in [-0.05, 0) is 40.5 Å². The second-order valence-corrected chi connectivity index (χ2v) is 6.90. The summed E-state index contributed by atoms with van der Waals surface area (Å²) >= 11 is 3.21. The number of methoxy groups -OCH3 is 1. The van der Waals surface area contributed by atoms with Crippen molar-refractivity contribution in [1.29, 1.82) is 0 Å². The first kappa shape index (κ1) is 16.4. The maximum absolute atomic E-state index is 12.1. The average molecular weight is 352 g/mol. The van der Waals surface area contributed by atoms with E-state index in [2.05, 4.69) is 15.9 Å². The summed E-state index contributed by atoms with van der Waals surface area (Å²) in [6.07, 6.45) is 0.752. The molecule has 0 unspecified atom stereocenters. The van der Waals surface area contributed by atoms with Crippen molar-refractivity contribution in [3.63, 3.8) is 0 Å². The van der Waals surface area contributed by atoms with Crippen LogP contribution in [0, 0.1) is 0 Å². The highest BCUT2D eigenvalue weighted by Crippen LogP contribution is 2.25. The summed E-state index contributed by atoms with van der Waals surface area (Å²) < 4.78 is 34.8. The molecule has 2 N–H and O–H groups in total. The van der Waals surface area contributed by atoms with E-state index in [-0.39, 0.29) is 17.3 Å². The summed E-state index contributed by atoms with van der Waals surface area (Å²) in [7, 11) is -1.74. The highest BCUT2D eigenvalue weighted by Gasteiger charge is 2.17. The van der Waals surface area contributed by atoms with Crippen LogP contribution < -0.4 is 5.73 Å². The lowest BCUT2D eigenvalue weighted by molar-refractivity contribution is 0.112. The fourth-order valence-corrected chi connectivity index (χ4v) is 3.78. The molecule has 19 heavy (non-hydrogen) atoms. The Bertz CT molecular complexity index is 504. The van der Waals surface area contributed by atoms with Crippen LogP contribution in [0.2, 0.25) is 0 Å². The number of anilines is 1. The largest absolute Gasteiger partial charge is 0.399 e. The molecule has 0 saturated carbocycles. The third kappa shape index (κ3) is 5.48. The summed E-state index contributed by atoms with van der Waals surface area (Å²) in [5.74, 6) is -0.0531. The zero-order valence-corrected chi connectivity index (χ0v) is 13.2. The van der Waals surface area contributed by atoms with E-state index in [9.17, 15) is 8.42 Å². The second kappa shape index (κ2) is 7.84. The minimum Gasteiger partial charge on any atom is -0.399 e. The molecule has 0 aliphatic heterocycles. The van der Waals surface area contributed by atoms with E-state index in [1.165, 1.54) is 6.07 Å². The lowest BCUT2D eigenvalue weighted by atomic mass is 10.3. The summed E-state index contributed by atoms with van der Waals surface area (Å²) in [4.78, 5) is 0.238. The number of nitrogen functional groups attached to an aromatic ring is 1. The van der Waals surface area contributed by atoms with Crippen molar-refractivity contribution in [2.24, 2.45) is 0 Å². The molecule has 0 heterocycles. The lowest BCUT2D eigenvalue weighted by Crippen LogP contribution is -2.14. The van der Waals surface area contributed by atoms with Crippen LogP contribution in [0.25, 0.3) is 0 Å². The Balaban J connectivity index is 2.52. The molecule has 0 fully saturated rings. The van der Waals surface area contributed by atoms with E-state index >= 15 is 0 Å². The first-order valence-electron chi connectivity index (χ1n) is 5.82. The van der Waals surface area contributed by atoms with Crippen molar-refractivity contribution in [3.05, 3.63) is 22.7 Å². The van der Waals surface area contributed by atoms with Crippen molar-refractivity contribution in [3.8, 4) is 0 Å². The van der Waals surface area contributed by atoms with Gasteiger partial charge in [0.05, 0.1) is 17.3 Å². The molecule has 0 bridgehead atoms. The van der Waals surface area contributed by atoms with E-state index in [0.29, 0.717) is 23.4 Å². The topological polar surface area (TPSA) is 78.6 Å². The molecule has 1 rings (SSSR count). The fraction of sp³-hybridized carbons (Fsp3) is 0.500. The molecule has 0 aliphatic carbocycles. The van der Waals surface area contributed by atoms with Gasteiger partial charge in [-0.15, -0.1) is 0 Å². The van der Waals surface area contributed by atoms with E-state index in [4.69, 9.17) is 15.2 Å². The minimum absolute atomic E-state index is 0.0531. The highest BCUT2D eigenvalue weighted by atomic mass is 79.9. The molecular weight excluding hydrogens is 334 g/mol. The smallest absolute Gasteiger partial charge is 0.181 e. The zero-order valence-electron chi connectivity index (χ0n) is 10.8. The number of ether oxygens (including phenoxy) is 2. The molecule has 1 aromatic carbocycles. The van der Waals surface area contributed by atoms with Crippen molar-refractivity contribution in [2.75, 3.05) is 38.4 Å². The van der Waals surface area contributed by atoms with Crippen LogP contribution in [0.5, 0.6) is 0 Å². The van der Waals surface area contributed by atoms with Gasteiger partial charge in [0.15, 0.2) is 9.84 Å². The van der Waals surface area contributed by atoms with Crippen LogP contribution in [-0.2, 0) is 19.3 Å². The van der Waals surface area contributed by atoms with Gasteiger partial charge >= 0.3 is 0 Å². The average Bonchev–Trinajstić information content (AvgIpc) is 2.33. The van der Waals surface area contributed by atoms with Crippen molar-refractivity contribution in [1.82, 2.24) is 0 Å². The molecule has 0 saturated heterocycles. The summed E-state index contributed by atoms with van der Waals surface area (Å²) in [6, 6.07) is 4.64. The first-order chi connectivity index (χ1) is 8.97. The van der Waals surface area contributed by atoms with Gasteiger partial charge in [0.25, 0.3) is 0 Å². The summed E-state index contributed by atoms with van der Waals surface area (Å²) in [5, 5.41) is 0. The Morgan fingerprint density at radius 2 is 2.00 bits per heavy atom. The molecule has 0 aliphatic rings. The number of halogens is 1. The van der Waals surface area contributed by atoms with Crippen molar-refractivity contribution in [2.45, 2.75) is 11.3 Å². The van der Waals surface area contributed by atoms with Gasteiger partial charge in [-0.3, -0.25) is 0 Å². The number of sulfone groups is 1. The molecule has 108 valence electrons. The second-order valence-electron chi connectivity index (χ2n) is 3.97. The number of rotatable bonds is 8. The van der Waals surface area contributed by atoms with Gasteiger partial charge in [0.1, 0.15) is 0 Å². The summed E-state index contributed by atoms with van der Waals surface area (Å²) in [5.41, 5.74) is 6.09. The monoisotopic (exact) mass is 351 g/mol. The van der Waals surface area contributed by atoms with Crippen LogP contribution in [-0.4, -0.2) is 41.1 Å². The van der Waals surface area contributed by atoms with Crippen LogP contribution >= 0.6 is 15.9 Å². The SMILES string of the molecule is COCCCOCCS(=O)(=O)c1ccc(N)cc1Br. The van der Waals surface area contributed by atoms with Crippen molar-refractivity contribution >= 4 is 31.5 Å². The number of benzene rings is 1. The van der Waals surface area contributed by atoms with E-state index in [1.54, 1.807) is 19.2 Å². The highest BCUT2D eigenvalue weighted by molar-refractivity contribution is 9.10. The Hall–Kier alpha value is -0.630. The molecule has 0 spiro atoms. The van der Waals surface area contributed by atoms with E-state index in [0.717, 1.165) is 6.42 Å². The zero-order chi connectivity index (χ0) is 14.3. The Labute approximate surface area is 122 Å². The van der Waals surface area contributed by atoms with Gasteiger partial charge in [0, 0.05) is 30.5 Å². The first-order valence-corrected chi connectivity index (χ1v) is 8.26. The number of hydrogen-bond donors (Lipinski definition) is 1. The molecule has 1 aromatic rings. The minimum atomic E-state index is -3.36. The van der Waals surface area contributed by atoms with Gasteiger partial charge in [-0.2, -0.15) is 0 Å². The van der Waals surface area contributed by atoms with E-state index < -0.39 is 9.84 Å². The predicted octanol–water partition coefficient (Wildman–Crippen LogP) is 1.86. The van der Waals surface area contributed by atoms with Crippen LogP contribution in [0.15, 0.2) is 27.6 Å². The Morgan fingerprint density at radius 1 is 1.26 bits per heavy atom.